The van der Waals surface area contributed by atoms with Gasteiger partial charge in [0, 0.05) is 18.1 Å². The van der Waals surface area contributed by atoms with Crippen molar-refractivity contribution < 1.29 is 22.5 Å². The molecular weight excluding hydrogens is 331 g/mol. The molecule has 1 N–H and O–H groups in total. The first kappa shape index (κ1) is 17.1. The number of carbonyl (C=O) groups is 1. The minimum absolute atomic E-state index is 0.128. The van der Waals surface area contributed by atoms with E-state index in [1.807, 2.05) is 0 Å². The summed E-state index contributed by atoms with van der Waals surface area (Å²) in [6, 6.07) is 6.50. The van der Waals surface area contributed by atoms with Crippen molar-refractivity contribution in [1.29, 1.82) is 0 Å². The number of rotatable bonds is 3. The zero-order chi connectivity index (χ0) is 17.2. The number of benzene rings is 1. The van der Waals surface area contributed by atoms with Crippen LogP contribution in [-0.2, 0) is 14.6 Å². The maximum Gasteiger partial charge on any atom is 0.246 e. The number of piperazine rings is 1. The fourth-order valence-corrected chi connectivity index (χ4v) is 5.24. The zero-order valence-electron chi connectivity index (χ0n) is 13.4. The summed E-state index contributed by atoms with van der Waals surface area (Å²) in [7, 11) is -2.87. The molecule has 3 rings (SSSR count). The third kappa shape index (κ3) is 4.02. The molecule has 1 amide bonds. The van der Waals surface area contributed by atoms with E-state index in [4.69, 9.17) is 0 Å². The van der Waals surface area contributed by atoms with Crippen LogP contribution in [0.2, 0.25) is 0 Å². The van der Waals surface area contributed by atoms with Crippen molar-refractivity contribution in [3.63, 3.8) is 0 Å². The maximum atomic E-state index is 13.5. The minimum atomic E-state index is -2.87. The quantitative estimate of drug-likeness (QED) is 0.763. The lowest BCUT2D eigenvalue weighted by Gasteiger charge is -2.34. The Bertz CT molecular complexity index is 740. The van der Waals surface area contributed by atoms with Crippen LogP contribution in [0.4, 0.5) is 4.39 Å². The van der Waals surface area contributed by atoms with E-state index in [2.05, 4.69) is 0 Å². The Morgan fingerprint density at radius 1 is 1.25 bits per heavy atom. The van der Waals surface area contributed by atoms with Crippen molar-refractivity contribution in [1.82, 2.24) is 4.90 Å². The molecule has 1 aromatic rings. The fraction of sp³-hybridized carbons (Fsp3) is 0.471. The fourth-order valence-electron chi connectivity index (χ4n) is 3.42. The van der Waals surface area contributed by atoms with Gasteiger partial charge in [-0.3, -0.25) is 4.79 Å². The molecule has 2 saturated heterocycles. The van der Waals surface area contributed by atoms with Crippen LogP contribution in [-0.4, -0.2) is 63.0 Å². The number of sulfone groups is 1. The van der Waals surface area contributed by atoms with Crippen LogP contribution in [0, 0.1) is 5.82 Å². The number of amides is 1. The van der Waals surface area contributed by atoms with E-state index in [-0.39, 0.29) is 29.3 Å². The van der Waals surface area contributed by atoms with Crippen LogP contribution in [0.3, 0.4) is 0 Å². The van der Waals surface area contributed by atoms with Gasteiger partial charge in [-0.25, -0.2) is 12.8 Å². The van der Waals surface area contributed by atoms with Crippen LogP contribution >= 0.6 is 0 Å². The number of nitrogens with one attached hydrogen (secondary N) is 1. The summed E-state index contributed by atoms with van der Waals surface area (Å²) in [5.41, 5.74) is 0.395. The van der Waals surface area contributed by atoms with Gasteiger partial charge in [0.05, 0.1) is 31.9 Å². The second-order valence-corrected chi connectivity index (χ2v) is 8.67. The Kier molecular flexibility index (Phi) is 5.01. The van der Waals surface area contributed by atoms with Crippen molar-refractivity contribution in [2.75, 3.05) is 37.7 Å². The van der Waals surface area contributed by atoms with E-state index in [0.29, 0.717) is 18.7 Å². The van der Waals surface area contributed by atoms with Crippen molar-refractivity contribution in [3.8, 4) is 0 Å². The average molecular weight is 353 g/mol. The highest BCUT2D eigenvalue weighted by molar-refractivity contribution is 7.91. The summed E-state index contributed by atoms with van der Waals surface area (Å²) < 4.78 is 36.7. The van der Waals surface area contributed by atoms with Gasteiger partial charge in [-0.15, -0.1) is 0 Å². The van der Waals surface area contributed by atoms with Crippen molar-refractivity contribution in [2.24, 2.45) is 0 Å². The van der Waals surface area contributed by atoms with Crippen LogP contribution < -0.4 is 4.90 Å². The highest BCUT2D eigenvalue weighted by Crippen LogP contribution is 2.10. The molecule has 7 heteroatoms. The van der Waals surface area contributed by atoms with E-state index in [1.54, 1.807) is 23.1 Å². The van der Waals surface area contributed by atoms with E-state index in [0.717, 1.165) is 19.5 Å². The Morgan fingerprint density at radius 3 is 2.58 bits per heavy atom. The van der Waals surface area contributed by atoms with Gasteiger partial charge in [0.15, 0.2) is 9.84 Å². The number of halogens is 1. The molecule has 5 nitrogen and oxygen atoms in total. The highest BCUT2D eigenvalue weighted by Gasteiger charge is 2.37. The van der Waals surface area contributed by atoms with Crippen molar-refractivity contribution >= 4 is 21.8 Å². The first-order valence-corrected chi connectivity index (χ1v) is 10.0. The molecule has 0 radical (unpaired) electrons. The van der Waals surface area contributed by atoms with Gasteiger partial charge in [0.25, 0.3) is 0 Å². The lowest BCUT2D eigenvalue weighted by Crippen LogP contribution is -3.18. The SMILES string of the molecule is O=C(/C=C/c1ccccc1F)N1CC[NH+]([C@H]2CCS(=O)(=O)C2)CC1. The van der Waals surface area contributed by atoms with Crippen LogP contribution in [0.15, 0.2) is 30.3 Å². The van der Waals surface area contributed by atoms with Crippen molar-refractivity contribution in [2.45, 2.75) is 12.5 Å². The lowest BCUT2D eigenvalue weighted by molar-refractivity contribution is -0.925. The number of hydrogen-bond donors (Lipinski definition) is 1. The smallest absolute Gasteiger partial charge is 0.246 e. The summed E-state index contributed by atoms with van der Waals surface area (Å²) in [5.74, 6) is 0.0770. The van der Waals surface area contributed by atoms with Gasteiger partial charge < -0.3 is 9.80 Å². The summed E-state index contributed by atoms with van der Waals surface area (Å²) in [4.78, 5) is 15.2. The summed E-state index contributed by atoms with van der Waals surface area (Å²) in [5, 5.41) is 0. The third-order valence-corrected chi connectivity index (χ3v) is 6.61. The molecular formula is C17H22FN2O3S+. The minimum Gasteiger partial charge on any atom is -0.329 e. The second-order valence-electron chi connectivity index (χ2n) is 6.44. The zero-order valence-corrected chi connectivity index (χ0v) is 14.3. The molecule has 2 aliphatic heterocycles. The van der Waals surface area contributed by atoms with Gasteiger partial charge in [0.2, 0.25) is 5.91 Å². The molecule has 0 aromatic heterocycles. The molecule has 0 saturated carbocycles. The first-order valence-electron chi connectivity index (χ1n) is 8.21. The summed E-state index contributed by atoms with van der Waals surface area (Å²) in [6.07, 6.45) is 3.63. The van der Waals surface area contributed by atoms with Crippen molar-refractivity contribution in [3.05, 3.63) is 41.7 Å². The third-order valence-electron chi connectivity index (χ3n) is 4.84. The van der Waals surface area contributed by atoms with Crippen LogP contribution in [0.25, 0.3) is 6.08 Å². The number of quaternary nitrogens is 1. The molecule has 2 heterocycles. The Balaban J connectivity index is 1.53. The molecule has 0 aliphatic carbocycles. The van der Waals surface area contributed by atoms with Gasteiger partial charge >= 0.3 is 0 Å². The molecule has 1 aromatic carbocycles. The molecule has 2 aliphatic rings. The lowest BCUT2D eigenvalue weighted by atomic mass is 10.1. The Hall–Kier alpha value is -1.73. The monoisotopic (exact) mass is 353 g/mol. The summed E-state index contributed by atoms with van der Waals surface area (Å²) in [6.45, 7) is 2.73. The molecule has 2 fully saturated rings. The van der Waals surface area contributed by atoms with Gasteiger partial charge in [-0.2, -0.15) is 0 Å². The van der Waals surface area contributed by atoms with Crippen LogP contribution in [0.5, 0.6) is 0 Å². The molecule has 0 unspecified atom stereocenters. The Morgan fingerprint density at radius 2 is 1.96 bits per heavy atom. The van der Waals surface area contributed by atoms with Gasteiger partial charge in [-0.05, 0) is 12.1 Å². The van der Waals surface area contributed by atoms with E-state index in [1.165, 1.54) is 23.1 Å². The van der Waals surface area contributed by atoms with E-state index in [9.17, 15) is 17.6 Å². The topological polar surface area (TPSA) is 58.9 Å². The average Bonchev–Trinajstić information content (AvgIpc) is 2.94. The van der Waals surface area contributed by atoms with Gasteiger partial charge in [0.1, 0.15) is 17.6 Å². The standard InChI is InChI=1S/C17H21FN2O3S/c18-16-4-2-1-3-14(16)5-6-17(21)20-10-8-19(9-11-20)15-7-12-24(22,23)13-15/h1-6,15H,7-13H2/p+1/b6-5+/t15-/m0/s1. The second kappa shape index (κ2) is 7.03. The maximum absolute atomic E-state index is 13.5. The molecule has 130 valence electrons. The van der Waals surface area contributed by atoms with E-state index < -0.39 is 9.84 Å². The molecule has 0 spiro atoms. The van der Waals surface area contributed by atoms with Crippen LogP contribution in [0.1, 0.15) is 12.0 Å². The normalized spacial score (nSPS) is 24.5. The molecule has 0 bridgehead atoms. The number of carbonyl (C=O) groups excluding carboxylic acids is 1. The predicted molar refractivity (Wildman–Crippen MR) is 89.8 cm³/mol. The predicted octanol–water partition coefficient (Wildman–Crippen LogP) is -0.247. The summed E-state index contributed by atoms with van der Waals surface area (Å²) >= 11 is 0. The largest absolute Gasteiger partial charge is 0.329 e. The highest BCUT2D eigenvalue weighted by atomic mass is 32.2. The molecule has 24 heavy (non-hydrogen) atoms. The van der Waals surface area contributed by atoms with E-state index >= 15 is 0 Å². The number of hydrogen-bond acceptors (Lipinski definition) is 3. The number of nitrogens with zero attached hydrogens (tertiary/aromatic N) is 1. The first-order chi connectivity index (χ1) is 11.4. The Labute approximate surface area is 141 Å². The molecule has 1 atom stereocenters. The van der Waals surface area contributed by atoms with Gasteiger partial charge in [-0.1, -0.05) is 18.2 Å².